The number of nitrogens with zero attached hydrogens (tertiary/aromatic N) is 4. The fourth-order valence-electron chi connectivity index (χ4n) is 5.95. The standard InChI is InChI=1S/C33H42N4O5S/c1-26-10-16-29(17-11-26)43(39,40)42-25-27-12-14-28(15-13-27)33(38)37(32-9-5-6-18-34-32)24-21-35-19-22-36(23-20-35)30-7-3-4-8-31(30)41-2/h3-11,16-18,27-28H,12-15,19-25H2,1-2H3. The van der Waals surface area contributed by atoms with Gasteiger partial charge in [0.1, 0.15) is 11.6 Å². The van der Waals surface area contributed by atoms with Gasteiger partial charge in [-0.25, -0.2) is 4.98 Å². The van der Waals surface area contributed by atoms with Crippen LogP contribution < -0.4 is 14.5 Å². The van der Waals surface area contributed by atoms with E-state index in [0.29, 0.717) is 25.2 Å². The third-order valence-corrected chi connectivity index (χ3v) is 9.89. The van der Waals surface area contributed by atoms with Gasteiger partial charge in [0.2, 0.25) is 5.91 Å². The first kappa shape index (κ1) is 31.0. The molecule has 1 aromatic heterocycles. The lowest BCUT2D eigenvalue weighted by Crippen LogP contribution is -2.50. The van der Waals surface area contributed by atoms with Crippen LogP contribution in [-0.2, 0) is 19.1 Å². The smallest absolute Gasteiger partial charge is 0.296 e. The number of hydrogen-bond acceptors (Lipinski definition) is 8. The van der Waals surface area contributed by atoms with Crippen molar-refractivity contribution in [1.29, 1.82) is 0 Å². The minimum absolute atomic E-state index is 0.0954. The van der Waals surface area contributed by atoms with Gasteiger partial charge in [0, 0.05) is 51.4 Å². The number of amides is 1. The van der Waals surface area contributed by atoms with Crippen molar-refractivity contribution in [1.82, 2.24) is 9.88 Å². The van der Waals surface area contributed by atoms with Crippen molar-refractivity contribution in [3.8, 4) is 5.75 Å². The molecule has 9 nitrogen and oxygen atoms in total. The number of benzene rings is 2. The monoisotopic (exact) mass is 606 g/mol. The van der Waals surface area contributed by atoms with E-state index in [2.05, 4.69) is 20.9 Å². The fraction of sp³-hybridized carbons (Fsp3) is 0.455. The molecule has 0 radical (unpaired) electrons. The summed E-state index contributed by atoms with van der Waals surface area (Å²) in [6, 6.07) is 20.5. The molecule has 1 aliphatic heterocycles. The minimum Gasteiger partial charge on any atom is -0.495 e. The summed E-state index contributed by atoms with van der Waals surface area (Å²) in [4.78, 5) is 25.1. The predicted molar refractivity (Wildman–Crippen MR) is 168 cm³/mol. The Bertz CT molecular complexity index is 1440. The molecule has 0 unspecified atom stereocenters. The Morgan fingerprint density at radius 2 is 1.63 bits per heavy atom. The topological polar surface area (TPSA) is 92.3 Å². The first-order valence-electron chi connectivity index (χ1n) is 15.1. The lowest BCUT2D eigenvalue weighted by molar-refractivity contribution is -0.123. The van der Waals surface area contributed by atoms with Gasteiger partial charge in [-0.05, 0) is 74.9 Å². The lowest BCUT2D eigenvalue weighted by atomic mass is 9.81. The van der Waals surface area contributed by atoms with Gasteiger partial charge in [-0.1, -0.05) is 35.9 Å². The normalized spacial score (nSPS) is 19.6. The Kier molecular flexibility index (Phi) is 10.3. The summed E-state index contributed by atoms with van der Waals surface area (Å²) >= 11 is 0. The number of piperazine rings is 1. The van der Waals surface area contributed by atoms with Crippen LogP contribution in [-0.4, -0.2) is 77.2 Å². The molecule has 1 amide bonds. The largest absolute Gasteiger partial charge is 0.495 e. The molecule has 2 heterocycles. The molecular weight excluding hydrogens is 564 g/mol. The zero-order valence-corrected chi connectivity index (χ0v) is 25.9. The summed E-state index contributed by atoms with van der Waals surface area (Å²) in [7, 11) is -2.09. The van der Waals surface area contributed by atoms with Gasteiger partial charge in [-0.15, -0.1) is 0 Å². The van der Waals surface area contributed by atoms with Crippen molar-refractivity contribution in [2.75, 3.05) is 62.8 Å². The first-order valence-corrected chi connectivity index (χ1v) is 16.5. The molecule has 0 spiro atoms. The molecule has 43 heavy (non-hydrogen) atoms. The van der Waals surface area contributed by atoms with Crippen molar-refractivity contribution in [3.63, 3.8) is 0 Å². The zero-order valence-electron chi connectivity index (χ0n) is 25.1. The number of pyridine rings is 1. The van der Waals surface area contributed by atoms with Gasteiger partial charge < -0.3 is 9.64 Å². The van der Waals surface area contributed by atoms with Crippen molar-refractivity contribution in [2.45, 2.75) is 37.5 Å². The Balaban J connectivity index is 1.13. The van der Waals surface area contributed by atoms with Crippen LogP contribution in [0.1, 0.15) is 31.2 Å². The molecule has 230 valence electrons. The van der Waals surface area contributed by atoms with Crippen molar-refractivity contribution in [2.24, 2.45) is 11.8 Å². The number of para-hydroxylation sites is 2. The van der Waals surface area contributed by atoms with Crippen LogP contribution in [0.2, 0.25) is 0 Å². The Hall–Kier alpha value is -3.47. The van der Waals surface area contributed by atoms with E-state index < -0.39 is 10.1 Å². The van der Waals surface area contributed by atoms with Crippen LogP contribution in [0.3, 0.4) is 0 Å². The minimum atomic E-state index is -3.79. The highest BCUT2D eigenvalue weighted by atomic mass is 32.2. The van der Waals surface area contributed by atoms with Gasteiger partial charge >= 0.3 is 0 Å². The molecule has 2 fully saturated rings. The number of ether oxygens (including phenoxy) is 1. The number of aromatic nitrogens is 1. The van der Waals surface area contributed by atoms with Crippen molar-refractivity contribution < 1.29 is 22.1 Å². The Labute approximate surface area is 255 Å². The van der Waals surface area contributed by atoms with E-state index in [1.54, 1.807) is 37.6 Å². The summed E-state index contributed by atoms with van der Waals surface area (Å²) in [6.07, 6.45) is 4.64. The highest BCUT2D eigenvalue weighted by Gasteiger charge is 2.32. The molecule has 2 aliphatic rings. The van der Waals surface area contributed by atoms with E-state index >= 15 is 0 Å². The molecule has 1 saturated carbocycles. The third-order valence-electron chi connectivity index (χ3n) is 8.59. The van der Waals surface area contributed by atoms with Gasteiger partial charge in [0.15, 0.2) is 0 Å². The Morgan fingerprint density at radius 3 is 2.30 bits per heavy atom. The maximum atomic E-state index is 13.8. The number of carbonyl (C=O) groups is 1. The van der Waals surface area contributed by atoms with Crippen molar-refractivity contribution >= 4 is 27.5 Å². The molecular formula is C33H42N4O5S. The summed E-state index contributed by atoms with van der Waals surface area (Å²) in [5, 5.41) is 0. The highest BCUT2D eigenvalue weighted by Crippen LogP contribution is 2.32. The lowest BCUT2D eigenvalue weighted by Gasteiger charge is -2.38. The van der Waals surface area contributed by atoms with Crippen LogP contribution in [0, 0.1) is 18.8 Å². The Morgan fingerprint density at radius 1 is 0.930 bits per heavy atom. The number of hydrogen-bond donors (Lipinski definition) is 0. The molecule has 2 aromatic carbocycles. The molecule has 0 bridgehead atoms. The van der Waals surface area contributed by atoms with E-state index in [1.165, 1.54) is 0 Å². The van der Waals surface area contributed by atoms with E-state index in [1.807, 2.05) is 48.2 Å². The molecule has 0 atom stereocenters. The first-order chi connectivity index (χ1) is 20.8. The second-order valence-corrected chi connectivity index (χ2v) is 13.1. The summed E-state index contributed by atoms with van der Waals surface area (Å²) < 4.78 is 36.2. The molecule has 0 N–H and O–H groups in total. The quantitative estimate of drug-likeness (QED) is 0.289. The number of rotatable bonds is 11. The van der Waals surface area contributed by atoms with Gasteiger partial charge in [0.25, 0.3) is 10.1 Å². The molecule has 1 saturated heterocycles. The highest BCUT2D eigenvalue weighted by molar-refractivity contribution is 7.86. The number of anilines is 2. The predicted octanol–water partition coefficient (Wildman–Crippen LogP) is 4.77. The van der Waals surface area contributed by atoms with Crippen LogP contribution >= 0.6 is 0 Å². The van der Waals surface area contributed by atoms with Crippen LogP contribution in [0.4, 0.5) is 11.5 Å². The molecule has 5 rings (SSSR count). The SMILES string of the molecule is COc1ccccc1N1CCN(CCN(C(=O)C2CCC(COS(=O)(=O)c3ccc(C)cc3)CC2)c2ccccn2)CC1. The molecule has 3 aromatic rings. The molecule has 1 aliphatic carbocycles. The second-order valence-electron chi connectivity index (χ2n) is 11.4. The maximum absolute atomic E-state index is 13.8. The van der Waals surface area contributed by atoms with Crippen LogP contribution in [0.5, 0.6) is 5.75 Å². The number of carbonyl (C=O) groups excluding carboxylic acids is 1. The van der Waals surface area contributed by atoms with Crippen LogP contribution in [0.15, 0.2) is 77.8 Å². The molecule has 10 heteroatoms. The average molecular weight is 607 g/mol. The zero-order chi connectivity index (χ0) is 30.2. The van der Waals surface area contributed by atoms with Gasteiger partial charge in [-0.3, -0.25) is 18.8 Å². The van der Waals surface area contributed by atoms with Crippen LogP contribution in [0.25, 0.3) is 0 Å². The summed E-state index contributed by atoms with van der Waals surface area (Å²) in [5.74, 6) is 1.64. The average Bonchev–Trinajstić information content (AvgIpc) is 3.05. The van der Waals surface area contributed by atoms with E-state index in [4.69, 9.17) is 8.92 Å². The van der Waals surface area contributed by atoms with Crippen molar-refractivity contribution in [3.05, 3.63) is 78.5 Å². The van der Waals surface area contributed by atoms with Gasteiger partial charge in [0.05, 0.1) is 24.3 Å². The summed E-state index contributed by atoms with van der Waals surface area (Å²) in [5.41, 5.74) is 2.11. The van der Waals surface area contributed by atoms with E-state index in [0.717, 1.165) is 62.6 Å². The number of aryl methyl sites for hydroxylation is 1. The summed E-state index contributed by atoms with van der Waals surface area (Å²) in [6.45, 7) is 6.98. The third kappa shape index (κ3) is 7.93. The van der Waals surface area contributed by atoms with E-state index in [9.17, 15) is 13.2 Å². The second kappa shape index (κ2) is 14.3. The fourth-order valence-corrected chi connectivity index (χ4v) is 6.93. The maximum Gasteiger partial charge on any atom is 0.296 e. The number of methoxy groups -OCH3 is 1. The van der Waals surface area contributed by atoms with Gasteiger partial charge in [-0.2, -0.15) is 8.42 Å². The van der Waals surface area contributed by atoms with E-state index in [-0.39, 0.29) is 29.2 Å².